The Hall–Kier alpha value is -2.62. The highest BCUT2D eigenvalue weighted by Gasteiger charge is 2.31. The third-order valence-electron chi connectivity index (χ3n) is 5.57. The molecule has 0 aliphatic carbocycles. The summed E-state index contributed by atoms with van der Waals surface area (Å²) in [6.07, 6.45) is 1.87. The molecule has 178 valence electrons. The molecule has 1 aliphatic rings. The molecule has 3 atom stereocenters. The maximum Gasteiger partial charge on any atom is 0.410 e. The number of fused-ring (bicyclic) bond motifs is 1. The molecular weight excluding hydrogens is 415 g/mol. The van der Waals surface area contributed by atoms with E-state index in [1.165, 1.54) is 0 Å². The van der Waals surface area contributed by atoms with E-state index in [1.807, 2.05) is 39.2 Å². The number of hydrogen-bond acceptors (Lipinski definition) is 7. The van der Waals surface area contributed by atoms with Gasteiger partial charge >= 0.3 is 6.09 Å². The maximum absolute atomic E-state index is 15.6. The van der Waals surface area contributed by atoms with Gasteiger partial charge in [-0.1, -0.05) is 6.92 Å². The molecule has 0 aromatic carbocycles. The molecule has 0 bridgehead atoms. The van der Waals surface area contributed by atoms with Gasteiger partial charge in [0.15, 0.2) is 17.3 Å². The number of aromatic nitrogens is 3. The predicted molar refractivity (Wildman–Crippen MR) is 122 cm³/mol. The number of carbonyl (C=O) groups is 1. The lowest BCUT2D eigenvalue weighted by Gasteiger charge is -2.25. The number of pyridine rings is 1. The fourth-order valence-electron chi connectivity index (χ4n) is 3.82. The van der Waals surface area contributed by atoms with Crippen molar-refractivity contribution in [1.29, 1.82) is 0 Å². The van der Waals surface area contributed by atoms with E-state index < -0.39 is 17.5 Å². The standard InChI is InChI=1S/C22H35FN6O3/c1-7-15(13(3)30)26-19-16(23)17(18-20(27-19)28(8-2)12-24-18)25-14-9-10-29(11-14)21(31)32-22(4,5)6/h12-15,30H,7-11H2,1-6H3,(H2,25,26,27)/t13-,14+,15+/m1/s1. The molecule has 10 heteroatoms. The largest absolute Gasteiger partial charge is 0.444 e. The second-order valence-corrected chi connectivity index (χ2v) is 9.31. The van der Waals surface area contributed by atoms with E-state index in [0.29, 0.717) is 43.6 Å². The van der Waals surface area contributed by atoms with Crippen molar-refractivity contribution in [2.45, 2.75) is 84.7 Å². The molecule has 1 amide bonds. The van der Waals surface area contributed by atoms with Crippen LogP contribution in [0.15, 0.2) is 6.33 Å². The molecule has 0 unspecified atom stereocenters. The van der Waals surface area contributed by atoms with Crippen LogP contribution in [0, 0.1) is 5.82 Å². The molecule has 2 aromatic heterocycles. The number of nitrogens with zero attached hydrogens (tertiary/aromatic N) is 4. The summed E-state index contributed by atoms with van der Waals surface area (Å²) in [5.41, 5.74) is 0.678. The molecule has 2 aromatic rings. The lowest BCUT2D eigenvalue weighted by molar-refractivity contribution is 0.0293. The van der Waals surface area contributed by atoms with Gasteiger partial charge in [-0.15, -0.1) is 0 Å². The van der Waals surface area contributed by atoms with Crippen molar-refractivity contribution in [1.82, 2.24) is 19.4 Å². The summed E-state index contributed by atoms with van der Waals surface area (Å²) in [6, 6.07) is -0.490. The average Bonchev–Trinajstić information content (AvgIpc) is 3.33. The summed E-state index contributed by atoms with van der Waals surface area (Å²) in [7, 11) is 0. The fourth-order valence-corrected chi connectivity index (χ4v) is 3.82. The van der Waals surface area contributed by atoms with Gasteiger partial charge in [0.2, 0.25) is 0 Å². The smallest absolute Gasteiger partial charge is 0.410 e. The van der Waals surface area contributed by atoms with E-state index in [0.717, 1.165) is 0 Å². The Morgan fingerprint density at radius 1 is 1.41 bits per heavy atom. The van der Waals surface area contributed by atoms with Crippen molar-refractivity contribution in [2.24, 2.45) is 0 Å². The fraction of sp³-hybridized carbons (Fsp3) is 0.682. The first-order chi connectivity index (χ1) is 15.0. The maximum atomic E-state index is 15.6. The Labute approximate surface area is 188 Å². The number of hydrogen-bond donors (Lipinski definition) is 3. The van der Waals surface area contributed by atoms with Crippen molar-refractivity contribution in [3.63, 3.8) is 0 Å². The van der Waals surface area contributed by atoms with E-state index >= 15 is 4.39 Å². The van der Waals surface area contributed by atoms with Crippen LogP contribution in [-0.4, -0.2) is 67.5 Å². The van der Waals surface area contributed by atoms with Crippen molar-refractivity contribution in [2.75, 3.05) is 23.7 Å². The molecular formula is C22H35FN6O3. The summed E-state index contributed by atoms with van der Waals surface area (Å²) in [5, 5.41) is 16.3. The molecule has 3 heterocycles. The van der Waals surface area contributed by atoms with Crippen LogP contribution >= 0.6 is 0 Å². The summed E-state index contributed by atoms with van der Waals surface area (Å²) < 4.78 is 22.9. The highest BCUT2D eigenvalue weighted by atomic mass is 19.1. The number of likely N-dealkylation sites (tertiary alicyclic amines) is 1. The highest BCUT2D eigenvalue weighted by molar-refractivity contribution is 5.88. The van der Waals surface area contributed by atoms with Crippen LogP contribution in [0.4, 0.5) is 20.7 Å². The first-order valence-electron chi connectivity index (χ1n) is 11.3. The molecule has 32 heavy (non-hydrogen) atoms. The number of halogens is 1. The van der Waals surface area contributed by atoms with E-state index in [4.69, 9.17) is 4.74 Å². The minimum atomic E-state index is -0.665. The normalized spacial score (nSPS) is 18.6. The van der Waals surface area contributed by atoms with Gasteiger partial charge in [0, 0.05) is 25.7 Å². The third kappa shape index (κ3) is 5.23. The van der Waals surface area contributed by atoms with Crippen molar-refractivity contribution in [3.8, 4) is 0 Å². The van der Waals surface area contributed by atoms with Gasteiger partial charge in [-0.05, 0) is 47.5 Å². The quantitative estimate of drug-likeness (QED) is 0.592. The number of anilines is 2. The van der Waals surface area contributed by atoms with E-state index in [2.05, 4.69) is 20.6 Å². The number of rotatable bonds is 7. The van der Waals surface area contributed by atoms with Crippen LogP contribution in [0.25, 0.3) is 11.2 Å². The minimum absolute atomic E-state index is 0.0740. The monoisotopic (exact) mass is 450 g/mol. The molecule has 1 aliphatic heterocycles. The number of carbonyl (C=O) groups excluding carboxylic acids is 1. The lowest BCUT2D eigenvalue weighted by Crippen LogP contribution is -2.36. The molecule has 0 radical (unpaired) electrons. The minimum Gasteiger partial charge on any atom is -0.444 e. The third-order valence-corrected chi connectivity index (χ3v) is 5.57. The molecule has 1 fully saturated rings. The Morgan fingerprint density at radius 3 is 2.72 bits per heavy atom. The highest BCUT2D eigenvalue weighted by Crippen LogP contribution is 2.31. The molecule has 3 N–H and O–H groups in total. The summed E-state index contributed by atoms with van der Waals surface area (Å²) in [6.45, 7) is 12.6. The van der Waals surface area contributed by atoms with Gasteiger partial charge in [0.1, 0.15) is 16.8 Å². The SMILES string of the molecule is CC[C@H](Nc1nc2c(ncn2CC)c(N[C@H]2CCN(C(=O)OC(C)(C)C)C2)c1F)[C@@H](C)O. The number of imidazole rings is 1. The van der Waals surface area contributed by atoms with Crippen LogP contribution in [-0.2, 0) is 11.3 Å². The van der Waals surface area contributed by atoms with E-state index in [1.54, 1.807) is 18.2 Å². The Balaban J connectivity index is 1.88. The van der Waals surface area contributed by atoms with Crippen molar-refractivity contribution >= 4 is 28.8 Å². The van der Waals surface area contributed by atoms with Gasteiger partial charge < -0.3 is 29.9 Å². The number of aliphatic hydroxyl groups is 1. The summed E-state index contributed by atoms with van der Waals surface area (Å²) in [4.78, 5) is 22.9. The topological polar surface area (TPSA) is 105 Å². The number of amides is 1. The second-order valence-electron chi connectivity index (χ2n) is 9.31. The average molecular weight is 451 g/mol. The zero-order chi connectivity index (χ0) is 23.6. The van der Waals surface area contributed by atoms with Gasteiger partial charge in [-0.3, -0.25) is 0 Å². The first-order valence-corrected chi connectivity index (χ1v) is 11.3. The summed E-state index contributed by atoms with van der Waals surface area (Å²) >= 11 is 0. The number of ether oxygens (including phenoxy) is 1. The van der Waals surface area contributed by atoms with Gasteiger partial charge in [0.25, 0.3) is 0 Å². The van der Waals surface area contributed by atoms with Crippen LogP contribution in [0.2, 0.25) is 0 Å². The van der Waals surface area contributed by atoms with Gasteiger partial charge in [-0.25, -0.2) is 19.2 Å². The van der Waals surface area contributed by atoms with Crippen LogP contribution in [0.3, 0.4) is 0 Å². The van der Waals surface area contributed by atoms with Crippen LogP contribution in [0.1, 0.15) is 54.4 Å². The number of aryl methyl sites for hydroxylation is 1. The van der Waals surface area contributed by atoms with Crippen molar-refractivity contribution < 1.29 is 19.0 Å². The first kappa shape index (κ1) is 24.0. The number of nitrogens with one attached hydrogen (secondary N) is 2. The Bertz CT molecular complexity index is 955. The van der Waals surface area contributed by atoms with Gasteiger partial charge in [0.05, 0.1) is 18.5 Å². The zero-order valence-electron chi connectivity index (χ0n) is 19.8. The van der Waals surface area contributed by atoms with Crippen molar-refractivity contribution in [3.05, 3.63) is 12.1 Å². The van der Waals surface area contributed by atoms with E-state index in [9.17, 15) is 9.90 Å². The van der Waals surface area contributed by atoms with Crippen LogP contribution in [0.5, 0.6) is 0 Å². The molecule has 0 spiro atoms. The molecule has 3 rings (SSSR count). The molecule has 9 nitrogen and oxygen atoms in total. The predicted octanol–water partition coefficient (Wildman–Crippen LogP) is 3.58. The Kier molecular flexibility index (Phi) is 7.12. The zero-order valence-corrected chi connectivity index (χ0v) is 19.8. The van der Waals surface area contributed by atoms with Crippen LogP contribution < -0.4 is 10.6 Å². The summed E-state index contributed by atoms with van der Waals surface area (Å²) in [5.74, 6) is -0.474. The molecule has 0 saturated carbocycles. The second kappa shape index (κ2) is 9.48. The Morgan fingerprint density at radius 2 is 2.12 bits per heavy atom. The number of aliphatic hydroxyl groups excluding tert-OH is 1. The van der Waals surface area contributed by atoms with Gasteiger partial charge in [-0.2, -0.15) is 0 Å². The molecule has 1 saturated heterocycles. The van der Waals surface area contributed by atoms with E-state index in [-0.39, 0.29) is 29.7 Å². The lowest BCUT2D eigenvalue weighted by atomic mass is 10.1.